The number of aliphatic carboxylic acids is 1. The van der Waals surface area contributed by atoms with Gasteiger partial charge in [0.25, 0.3) is 11.7 Å². The number of hydrogen-bond acceptors (Lipinski definition) is 4. The molecule has 1 unspecified atom stereocenters. The van der Waals surface area contributed by atoms with E-state index in [1.54, 1.807) is 24.4 Å². The van der Waals surface area contributed by atoms with Crippen molar-refractivity contribution in [2.75, 3.05) is 11.9 Å². The topological polar surface area (TPSA) is 124 Å². The zero-order valence-electron chi connectivity index (χ0n) is 19.2. The molecule has 0 radical (unpaired) electrons. The number of H-pyrrole nitrogens is 2. The van der Waals surface area contributed by atoms with Crippen molar-refractivity contribution in [1.82, 2.24) is 9.97 Å². The van der Waals surface area contributed by atoms with Crippen LogP contribution in [-0.4, -0.2) is 39.3 Å². The molecule has 8 heteroatoms. The molecule has 0 bridgehead atoms. The molecule has 180 valence electrons. The molecule has 0 spiro atoms. The van der Waals surface area contributed by atoms with E-state index in [1.807, 2.05) is 60.7 Å². The highest BCUT2D eigenvalue weighted by Crippen LogP contribution is 2.34. The fourth-order valence-corrected chi connectivity index (χ4v) is 4.32. The predicted molar refractivity (Wildman–Crippen MR) is 136 cm³/mol. The Balaban J connectivity index is 1.27. The van der Waals surface area contributed by atoms with Gasteiger partial charge in [-0.15, -0.1) is 0 Å². The van der Waals surface area contributed by atoms with Crippen molar-refractivity contribution < 1.29 is 24.2 Å². The maximum Gasteiger partial charge on any atom is 0.304 e. The number of benzene rings is 3. The van der Waals surface area contributed by atoms with Gasteiger partial charge in [0.1, 0.15) is 11.6 Å². The molecular formula is C28H23N3O5. The maximum atomic E-state index is 12.3. The second kappa shape index (κ2) is 9.79. The molecule has 4 N–H and O–H groups in total. The minimum Gasteiger partial charge on any atom is -0.485 e. The number of aromatic nitrogens is 2. The molecule has 1 atom stereocenters. The van der Waals surface area contributed by atoms with Crippen LogP contribution in [0.15, 0.2) is 85.1 Å². The Labute approximate surface area is 205 Å². The number of carbonyl (C=O) groups is 3. The van der Waals surface area contributed by atoms with Crippen LogP contribution in [0.2, 0.25) is 0 Å². The summed E-state index contributed by atoms with van der Waals surface area (Å²) in [6.07, 6.45) is 1.75. The number of Topliss-reactive ketones (excluding diaryl/α,β-unsaturated/α-hetero) is 1. The van der Waals surface area contributed by atoms with Crippen LogP contribution < -0.4 is 10.1 Å². The average molecular weight is 482 g/mol. The molecule has 2 aromatic heterocycles. The molecule has 0 fully saturated rings. The summed E-state index contributed by atoms with van der Waals surface area (Å²) in [5.41, 5.74) is 3.36. The number of rotatable bonds is 9. The van der Waals surface area contributed by atoms with Crippen molar-refractivity contribution in [3.05, 3.63) is 96.2 Å². The number of carboxylic acids is 1. The summed E-state index contributed by atoms with van der Waals surface area (Å²) < 4.78 is 5.58. The van der Waals surface area contributed by atoms with Gasteiger partial charge in [0.05, 0.1) is 6.42 Å². The van der Waals surface area contributed by atoms with Crippen molar-refractivity contribution >= 4 is 45.3 Å². The summed E-state index contributed by atoms with van der Waals surface area (Å²) in [6.45, 7) is -0.420. The Morgan fingerprint density at radius 1 is 0.917 bits per heavy atom. The normalized spacial score (nSPS) is 11.9. The second-order valence-corrected chi connectivity index (χ2v) is 8.45. The van der Waals surface area contributed by atoms with Gasteiger partial charge in [-0.05, 0) is 35.4 Å². The highest BCUT2D eigenvalue weighted by atomic mass is 16.5. The Morgan fingerprint density at radius 2 is 1.69 bits per heavy atom. The van der Waals surface area contributed by atoms with Gasteiger partial charge in [-0.3, -0.25) is 14.4 Å². The van der Waals surface area contributed by atoms with E-state index in [9.17, 15) is 19.5 Å². The number of fused-ring (bicyclic) bond motifs is 2. The van der Waals surface area contributed by atoms with Gasteiger partial charge >= 0.3 is 5.97 Å². The summed E-state index contributed by atoms with van der Waals surface area (Å²) in [5, 5.41) is 13.8. The Bertz CT molecular complexity index is 1540. The number of aromatic amines is 2. The third-order valence-corrected chi connectivity index (χ3v) is 6.04. The summed E-state index contributed by atoms with van der Waals surface area (Å²) in [6, 6.07) is 24.0. The van der Waals surface area contributed by atoms with E-state index in [2.05, 4.69) is 15.3 Å². The van der Waals surface area contributed by atoms with Gasteiger partial charge in [0, 0.05) is 40.0 Å². The first-order valence-electron chi connectivity index (χ1n) is 11.4. The molecular weight excluding hydrogens is 458 g/mol. The van der Waals surface area contributed by atoms with Crippen LogP contribution in [0.4, 0.5) is 5.82 Å². The third kappa shape index (κ3) is 4.83. The number of carbonyl (C=O) groups excluding carboxylic acids is 2. The fourth-order valence-electron chi connectivity index (χ4n) is 4.32. The van der Waals surface area contributed by atoms with Gasteiger partial charge in [0.15, 0.2) is 6.61 Å². The average Bonchev–Trinajstić information content (AvgIpc) is 3.49. The predicted octanol–water partition coefficient (Wildman–Crippen LogP) is 4.84. The number of ether oxygens (including phenoxy) is 1. The van der Waals surface area contributed by atoms with E-state index < -0.39 is 24.3 Å². The van der Waals surface area contributed by atoms with E-state index in [1.165, 1.54) is 0 Å². The lowest BCUT2D eigenvalue weighted by Crippen LogP contribution is -2.28. The molecule has 36 heavy (non-hydrogen) atoms. The van der Waals surface area contributed by atoms with Crippen molar-refractivity contribution in [2.24, 2.45) is 0 Å². The molecule has 0 saturated carbocycles. The van der Waals surface area contributed by atoms with Gasteiger partial charge in [0.2, 0.25) is 0 Å². The minimum atomic E-state index is -0.887. The molecule has 5 rings (SSSR count). The van der Waals surface area contributed by atoms with E-state index in [0.29, 0.717) is 11.6 Å². The number of ketones is 1. The van der Waals surface area contributed by atoms with Crippen molar-refractivity contribution in [3.8, 4) is 5.75 Å². The zero-order chi connectivity index (χ0) is 25.1. The number of hydrogen-bond donors (Lipinski definition) is 4. The van der Waals surface area contributed by atoms with Gasteiger partial charge in [-0.2, -0.15) is 0 Å². The number of amides is 1. The summed E-state index contributed by atoms with van der Waals surface area (Å²) in [4.78, 5) is 42.4. The van der Waals surface area contributed by atoms with Crippen LogP contribution in [0.5, 0.6) is 5.75 Å². The number of carboxylic acid groups (broad SMARTS) is 1. The minimum absolute atomic E-state index is 0.0464. The molecule has 1 amide bonds. The largest absolute Gasteiger partial charge is 0.485 e. The Morgan fingerprint density at radius 3 is 2.47 bits per heavy atom. The van der Waals surface area contributed by atoms with Crippen LogP contribution in [0.1, 0.15) is 23.5 Å². The van der Waals surface area contributed by atoms with Crippen LogP contribution in [0.25, 0.3) is 21.8 Å². The lowest BCUT2D eigenvalue weighted by atomic mass is 9.88. The molecule has 3 aromatic carbocycles. The Hall–Kier alpha value is -4.85. The van der Waals surface area contributed by atoms with E-state index >= 15 is 0 Å². The number of para-hydroxylation sites is 1. The molecule has 0 aliphatic carbocycles. The maximum absolute atomic E-state index is 12.3. The van der Waals surface area contributed by atoms with Gasteiger partial charge in [-0.25, -0.2) is 0 Å². The molecule has 0 saturated heterocycles. The van der Waals surface area contributed by atoms with Crippen molar-refractivity contribution in [3.63, 3.8) is 0 Å². The van der Waals surface area contributed by atoms with Crippen LogP contribution >= 0.6 is 0 Å². The third-order valence-electron chi connectivity index (χ3n) is 6.04. The first-order chi connectivity index (χ1) is 17.5. The standard InChI is InChI=1S/C28H23N3O5/c32-25(28(35)31-26-12-18-8-4-5-9-23(18)30-26)16-36-19-10-11-20-22(15-29-24(20)13-19)21(14-27(33)34)17-6-2-1-3-7-17/h1-13,15,21,29-30H,14,16H2,(H,31,35)(H,33,34). The van der Waals surface area contributed by atoms with Crippen molar-refractivity contribution in [2.45, 2.75) is 12.3 Å². The number of anilines is 1. The van der Waals surface area contributed by atoms with Gasteiger partial charge in [-0.1, -0.05) is 48.5 Å². The summed E-state index contributed by atoms with van der Waals surface area (Å²) >= 11 is 0. The smallest absolute Gasteiger partial charge is 0.304 e. The lowest BCUT2D eigenvalue weighted by Gasteiger charge is -2.15. The lowest BCUT2D eigenvalue weighted by molar-refractivity contribution is -0.137. The molecule has 8 nitrogen and oxygen atoms in total. The molecule has 0 aliphatic rings. The monoisotopic (exact) mass is 481 g/mol. The first kappa shape index (κ1) is 22.9. The van der Waals surface area contributed by atoms with Gasteiger partial charge < -0.3 is 25.1 Å². The summed E-state index contributed by atoms with van der Waals surface area (Å²) in [5.74, 6) is -1.85. The zero-order valence-corrected chi connectivity index (χ0v) is 19.2. The Kier molecular flexibility index (Phi) is 6.23. The van der Waals surface area contributed by atoms with Crippen LogP contribution in [-0.2, 0) is 14.4 Å². The summed E-state index contributed by atoms with van der Waals surface area (Å²) in [7, 11) is 0. The quantitative estimate of drug-likeness (QED) is 0.224. The highest BCUT2D eigenvalue weighted by molar-refractivity contribution is 6.41. The molecule has 0 aliphatic heterocycles. The van der Waals surface area contributed by atoms with E-state index in [0.717, 1.165) is 32.9 Å². The molecule has 5 aromatic rings. The first-order valence-corrected chi connectivity index (χ1v) is 11.4. The van der Waals surface area contributed by atoms with Crippen molar-refractivity contribution in [1.29, 1.82) is 0 Å². The SMILES string of the molecule is O=C(O)CC(c1ccccc1)c1c[nH]c2cc(OCC(=O)C(=O)Nc3cc4ccccc4[nH]3)ccc12. The second-order valence-electron chi connectivity index (χ2n) is 8.45. The number of nitrogens with one attached hydrogen (secondary N) is 3. The highest BCUT2D eigenvalue weighted by Gasteiger charge is 2.21. The van der Waals surface area contributed by atoms with Crippen LogP contribution in [0.3, 0.4) is 0 Å². The van der Waals surface area contributed by atoms with E-state index in [4.69, 9.17) is 4.74 Å². The van der Waals surface area contributed by atoms with Crippen LogP contribution in [0, 0.1) is 0 Å². The fraction of sp³-hybridized carbons (Fsp3) is 0.107. The van der Waals surface area contributed by atoms with E-state index in [-0.39, 0.29) is 12.3 Å². The molecule has 2 heterocycles.